The number of halogens is 1. The Balaban J connectivity index is 2.32. The van der Waals surface area contributed by atoms with Gasteiger partial charge in [0, 0.05) is 5.56 Å². The summed E-state index contributed by atoms with van der Waals surface area (Å²) < 4.78 is 10.8. The molecule has 0 aliphatic rings. The number of alkyl halides is 1. The molecule has 3 heteroatoms. The van der Waals surface area contributed by atoms with Gasteiger partial charge in [0.2, 0.25) is 0 Å². The van der Waals surface area contributed by atoms with Crippen LogP contribution in [0.15, 0.2) is 36.4 Å². The summed E-state index contributed by atoms with van der Waals surface area (Å²) in [7, 11) is 3.28. The van der Waals surface area contributed by atoms with E-state index in [2.05, 4.69) is 32.0 Å². The Labute approximate surface area is 131 Å². The largest absolute Gasteiger partial charge is 0.493 e. The smallest absolute Gasteiger partial charge is 0.165 e. The van der Waals surface area contributed by atoms with Gasteiger partial charge >= 0.3 is 0 Å². The fourth-order valence-corrected chi connectivity index (χ4v) is 2.82. The van der Waals surface area contributed by atoms with Crippen molar-refractivity contribution in [1.82, 2.24) is 0 Å². The molecule has 2 nitrogen and oxygen atoms in total. The zero-order valence-electron chi connectivity index (χ0n) is 12.9. The minimum absolute atomic E-state index is 0.157. The van der Waals surface area contributed by atoms with Gasteiger partial charge in [0.05, 0.1) is 19.6 Å². The average Bonchev–Trinajstić information content (AvgIpc) is 2.49. The monoisotopic (exact) mass is 304 g/mol. The number of hydrogen-bond acceptors (Lipinski definition) is 2. The topological polar surface area (TPSA) is 18.5 Å². The predicted molar refractivity (Wildman–Crippen MR) is 87.8 cm³/mol. The van der Waals surface area contributed by atoms with Crippen molar-refractivity contribution in [2.24, 2.45) is 0 Å². The van der Waals surface area contributed by atoms with Gasteiger partial charge in [-0.05, 0) is 37.5 Å². The van der Waals surface area contributed by atoms with Crippen molar-refractivity contribution in [3.8, 4) is 11.5 Å². The van der Waals surface area contributed by atoms with Crippen molar-refractivity contribution in [3.05, 3.63) is 58.7 Å². The Bertz CT molecular complexity index is 623. The number of aryl methyl sites for hydroxylation is 2. The molecule has 0 fully saturated rings. The van der Waals surface area contributed by atoms with E-state index in [0.29, 0.717) is 11.5 Å². The predicted octanol–water partition coefficient (Wildman–Crippen LogP) is 4.84. The Kier molecular flexibility index (Phi) is 5.13. The molecule has 0 bridgehead atoms. The number of rotatable bonds is 5. The lowest BCUT2D eigenvalue weighted by Crippen LogP contribution is -2.02. The molecule has 0 saturated carbocycles. The van der Waals surface area contributed by atoms with E-state index >= 15 is 0 Å². The van der Waals surface area contributed by atoms with E-state index in [1.165, 1.54) is 16.7 Å². The van der Waals surface area contributed by atoms with Gasteiger partial charge in [-0.1, -0.05) is 35.9 Å². The van der Waals surface area contributed by atoms with Crippen LogP contribution in [0.3, 0.4) is 0 Å². The number of methoxy groups -OCH3 is 2. The second kappa shape index (κ2) is 6.86. The highest BCUT2D eigenvalue weighted by Gasteiger charge is 2.18. The molecule has 0 saturated heterocycles. The van der Waals surface area contributed by atoms with Crippen molar-refractivity contribution in [3.63, 3.8) is 0 Å². The number of hydrogen-bond donors (Lipinski definition) is 0. The average molecular weight is 305 g/mol. The minimum atomic E-state index is -0.157. The quantitative estimate of drug-likeness (QED) is 0.736. The molecule has 2 aromatic rings. The van der Waals surface area contributed by atoms with E-state index in [1.807, 2.05) is 18.2 Å². The van der Waals surface area contributed by atoms with E-state index in [1.54, 1.807) is 14.2 Å². The van der Waals surface area contributed by atoms with Crippen molar-refractivity contribution < 1.29 is 9.47 Å². The highest BCUT2D eigenvalue weighted by molar-refractivity contribution is 6.21. The van der Waals surface area contributed by atoms with Gasteiger partial charge in [-0.3, -0.25) is 0 Å². The minimum Gasteiger partial charge on any atom is -0.493 e. The third kappa shape index (κ3) is 3.51. The highest BCUT2D eigenvalue weighted by atomic mass is 35.5. The van der Waals surface area contributed by atoms with Crippen LogP contribution < -0.4 is 9.47 Å². The van der Waals surface area contributed by atoms with Gasteiger partial charge in [-0.25, -0.2) is 0 Å². The summed E-state index contributed by atoms with van der Waals surface area (Å²) in [6, 6.07) is 12.3. The second-order valence-electron chi connectivity index (χ2n) is 5.18. The van der Waals surface area contributed by atoms with Gasteiger partial charge in [0.25, 0.3) is 0 Å². The van der Waals surface area contributed by atoms with Crippen LogP contribution in [0.4, 0.5) is 0 Å². The van der Waals surface area contributed by atoms with E-state index in [-0.39, 0.29) is 5.38 Å². The first-order chi connectivity index (χ1) is 10.1. The fraction of sp³-hybridized carbons (Fsp3) is 0.333. The lowest BCUT2D eigenvalue weighted by molar-refractivity contribution is 0.351. The van der Waals surface area contributed by atoms with Crippen molar-refractivity contribution in [2.45, 2.75) is 25.6 Å². The Morgan fingerprint density at radius 3 is 2.48 bits per heavy atom. The maximum Gasteiger partial charge on any atom is 0.165 e. The summed E-state index contributed by atoms with van der Waals surface area (Å²) in [6.45, 7) is 4.21. The molecule has 1 unspecified atom stereocenters. The molecule has 0 aliphatic heterocycles. The SMILES string of the molecule is COc1cccc(C(Cl)Cc2cc(C)ccc2C)c1OC. The van der Waals surface area contributed by atoms with E-state index < -0.39 is 0 Å². The van der Waals surface area contributed by atoms with Crippen LogP contribution in [0.25, 0.3) is 0 Å². The zero-order valence-corrected chi connectivity index (χ0v) is 13.7. The maximum atomic E-state index is 6.64. The third-order valence-electron chi connectivity index (χ3n) is 3.67. The first-order valence-electron chi connectivity index (χ1n) is 6.98. The lowest BCUT2D eigenvalue weighted by atomic mass is 9.98. The number of para-hydroxylation sites is 1. The van der Waals surface area contributed by atoms with Gasteiger partial charge < -0.3 is 9.47 Å². The van der Waals surface area contributed by atoms with Gasteiger partial charge in [-0.15, -0.1) is 11.6 Å². The van der Waals surface area contributed by atoms with Crippen LogP contribution in [0, 0.1) is 13.8 Å². The van der Waals surface area contributed by atoms with Crippen LogP contribution in [0.1, 0.15) is 27.6 Å². The van der Waals surface area contributed by atoms with Crippen molar-refractivity contribution >= 4 is 11.6 Å². The van der Waals surface area contributed by atoms with Gasteiger partial charge in [0.1, 0.15) is 0 Å². The molecule has 0 aromatic heterocycles. The van der Waals surface area contributed by atoms with Crippen LogP contribution in [-0.2, 0) is 6.42 Å². The summed E-state index contributed by atoms with van der Waals surface area (Å²) in [6.07, 6.45) is 0.762. The van der Waals surface area contributed by atoms with Crippen molar-refractivity contribution in [1.29, 1.82) is 0 Å². The summed E-state index contributed by atoms with van der Waals surface area (Å²) in [5.41, 5.74) is 4.73. The molecule has 1 atom stereocenters. The molecule has 2 rings (SSSR count). The molecule has 0 radical (unpaired) electrons. The van der Waals surface area contributed by atoms with Crippen LogP contribution in [0.2, 0.25) is 0 Å². The van der Waals surface area contributed by atoms with Crippen molar-refractivity contribution in [2.75, 3.05) is 14.2 Å². The van der Waals surface area contributed by atoms with Crippen LogP contribution in [-0.4, -0.2) is 14.2 Å². The molecular formula is C18H21ClO2. The van der Waals surface area contributed by atoms with Gasteiger partial charge in [0.15, 0.2) is 11.5 Å². The Morgan fingerprint density at radius 1 is 1.05 bits per heavy atom. The van der Waals surface area contributed by atoms with E-state index in [0.717, 1.165) is 12.0 Å². The summed E-state index contributed by atoms with van der Waals surface area (Å²) in [5, 5.41) is -0.157. The second-order valence-corrected chi connectivity index (χ2v) is 5.71. The summed E-state index contributed by atoms with van der Waals surface area (Å²) in [4.78, 5) is 0. The molecule has 0 amide bonds. The number of ether oxygens (including phenoxy) is 2. The maximum absolute atomic E-state index is 6.64. The van der Waals surface area contributed by atoms with Crippen LogP contribution in [0.5, 0.6) is 11.5 Å². The van der Waals surface area contributed by atoms with E-state index in [4.69, 9.17) is 21.1 Å². The summed E-state index contributed by atoms with van der Waals surface area (Å²) in [5.74, 6) is 1.42. The third-order valence-corrected chi connectivity index (χ3v) is 4.06. The molecule has 2 aromatic carbocycles. The molecule has 0 spiro atoms. The first kappa shape index (κ1) is 15.7. The highest BCUT2D eigenvalue weighted by Crippen LogP contribution is 2.38. The normalized spacial score (nSPS) is 12.0. The number of benzene rings is 2. The van der Waals surface area contributed by atoms with Crippen LogP contribution >= 0.6 is 11.6 Å². The molecule has 112 valence electrons. The molecule has 0 aliphatic carbocycles. The molecular weight excluding hydrogens is 284 g/mol. The Hall–Kier alpha value is -1.67. The zero-order chi connectivity index (χ0) is 15.4. The van der Waals surface area contributed by atoms with E-state index in [9.17, 15) is 0 Å². The standard InChI is InChI=1S/C18H21ClO2/c1-12-8-9-13(2)14(10-12)11-16(19)15-6-5-7-17(20-3)18(15)21-4/h5-10,16H,11H2,1-4H3. The summed E-state index contributed by atoms with van der Waals surface area (Å²) >= 11 is 6.64. The fourth-order valence-electron chi connectivity index (χ4n) is 2.48. The molecule has 0 heterocycles. The van der Waals surface area contributed by atoms with Gasteiger partial charge in [-0.2, -0.15) is 0 Å². The molecule has 21 heavy (non-hydrogen) atoms. The Morgan fingerprint density at radius 2 is 1.81 bits per heavy atom. The molecule has 0 N–H and O–H groups in total. The lowest BCUT2D eigenvalue weighted by Gasteiger charge is -2.17. The first-order valence-corrected chi connectivity index (χ1v) is 7.41.